The van der Waals surface area contributed by atoms with Gasteiger partial charge in [0.05, 0.1) is 12.9 Å². The summed E-state index contributed by atoms with van der Waals surface area (Å²) in [5, 5.41) is 3.39. The zero-order valence-electron chi connectivity index (χ0n) is 9.45. The second-order valence-corrected chi connectivity index (χ2v) is 4.27. The smallest absolute Gasteiger partial charge is 0.110 e. The van der Waals surface area contributed by atoms with Crippen molar-refractivity contribution in [2.24, 2.45) is 5.92 Å². The van der Waals surface area contributed by atoms with Crippen molar-refractivity contribution in [1.29, 1.82) is 0 Å². The first-order valence-corrected chi connectivity index (χ1v) is 5.56. The topological polar surface area (TPSA) is 34.4 Å². The van der Waals surface area contributed by atoms with Gasteiger partial charge in [-0.3, -0.25) is 0 Å². The molecule has 1 heterocycles. The lowest BCUT2D eigenvalue weighted by molar-refractivity contribution is 0.199. The molecule has 1 N–H and O–H groups in total. The number of hydrogen-bond donors (Lipinski definition) is 1. The molecular weight excluding hydrogens is 190 g/mol. The van der Waals surface area contributed by atoms with Gasteiger partial charge in [-0.1, -0.05) is 0 Å². The Morgan fingerprint density at radius 2 is 2.47 bits per heavy atom. The van der Waals surface area contributed by atoms with Crippen molar-refractivity contribution in [2.75, 3.05) is 26.8 Å². The Bertz CT molecular complexity index is 308. The van der Waals surface area contributed by atoms with Crippen molar-refractivity contribution < 1.29 is 9.15 Å². The molecule has 1 aliphatic rings. The van der Waals surface area contributed by atoms with Gasteiger partial charge >= 0.3 is 0 Å². The maximum atomic E-state index is 5.49. The lowest BCUT2D eigenvalue weighted by Crippen LogP contribution is -2.21. The molecule has 0 aliphatic heterocycles. The van der Waals surface area contributed by atoms with E-state index in [0.717, 1.165) is 25.6 Å². The van der Waals surface area contributed by atoms with Crippen LogP contribution < -0.4 is 5.32 Å². The summed E-state index contributed by atoms with van der Waals surface area (Å²) in [6.07, 6.45) is 3.05. The second-order valence-electron chi connectivity index (χ2n) is 4.27. The normalized spacial score (nSPS) is 24.4. The molecule has 2 rings (SSSR count). The van der Waals surface area contributed by atoms with Crippen LogP contribution in [-0.4, -0.2) is 26.8 Å². The number of nitrogens with one attached hydrogen (secondary N) is 1. The molecular formula is C12H19NO2. The van der Waals surface area contributed by atoms with E-state index in [1.54, 1.807) is 13.4 Å². The van der Waals surface area contributed by atoms with Crippen molar-refractivity contribution in [2.45, 2.75) is 19.3 Å². The van der Waals surface area contributed by atoms with Crippen LogP contribution in [0.5, 0.6) is 0 Å². The molecule has 3 heteroatoms. The highest BCUT2D eigenvalue weighted by Gasteiger charge is 2.40. The summed E-state index contributed by atoms with van der Waals surface area (Å²) in [6, 6.07) is 2.04. The minimum Gasteiger partial charge on any atom is -0.469 e. The molecule has 0 bridgehead atoms. The van der Waals surface area contributed by atoms with E-state index in [-0.39, 0.29) is 0 Å². The van der Waals surface area contributed by atoms with Gasteiger partial charge in [0, 0.05) is 19.6 Å². The number of aryl methyl sites for hydroxylation is 1. The molecule has 0 spiro atoms. The summed E-state index contributed by atoms with van der Waals surface area (Å²) in [4.78, 5) is 0. The molecule has 15 heavy (non-hydrogen) atoms. The van der Waals surface area contributed by atoms with Crippen molar-refractivity contribution in [3.05, 3.63) is 23.7 Å². The molecule has 0 saturated heterocycles. The van der Waals surface area contributed by atoms with Crippen LogP contribution in [0.2, 0.25) is 0 Å². The molecule has 0 aromatic carbocycles. The summed E-state index contributed by atoms with van der Waals surface area (Å²) < 4.78 is 10.5. The van der Waals surface area contributed by atoms with E-state index in [1.165, 1.54) is 17.7 Å². The van der Waals surface area contributed by atoms with Gasteiger partial charge in [0.2, 0.25) is 0 Å². The summed E-state index contributed by atoms with van der Waals surface area (Å²) in [5.74, 6) is 2.59. The van der Waals surface area contributed by atoms with E-state index in [1.807, 2.05) is 6.07 Å². The Morgan fingerprint density at radius 3 is 3.13 bits per heavy atom. The van der Waals surface area contributed by atoms with Gasteiger partial charge in [0.15, 0.2) is 0 Å². The fraction of sp³-hybridized carbons (Fsp3) is 0.667. The van der Waals surface area contributed by atoms with Crippen LogP contribution in [0.15, 0.2) is 16.7 Å². The Balaban J connectivity index is 1.70. The Morgan fingerprint density at radius 1 is 1.60 bits per heavy atom. The highest BCUT2D eigenvalue weighted by molar-refractivity contribution is 5.24. The third-order valence-electron chi connectivity index (χ3n) is 3.05. The van der Waals surface area contributed by atoms with Crippen LogP contribution >= 0.6 is 0 Å². The molecule has 0 radical (unpaired) electrons. The third-order valence-corrected chi connectivity index (χ3v) is 3.05. The van der Waals surface area contributed by atoms with Crippen LogP contribution in [0.4, 0.5) is 0 Å². The van der Waals surface area contributed by atoms with Gasteiger partial charge in [-0.05, 0) is 37.4 Å². The first-order valence-electron chi connectivity index (χ1n) is 5.56. The van der Waals surface area contributed by atoms with Crippen LogP contribution in [0.25, 0.3) is 0 Å². The van der Waals surface area contributed by atoms with Crippen molar-refractivity contribution in [1.82, 2.24) is 5.32 Å². The van der Waals surface area contributed by atoms with Crippen LogP contribution in [-0.2, 0) is 4.74 Å². The van der Waals surface area contributed by atoms with E-state index in [0.29, 0.717) is 5.92 Å². The summed E-state index contributed by atoms with van der Waals surface area (Å²) >= 11 is 0. The first-order chi connectivity index (χ1) is 7.33. The predicted octanol–water partition coefficient (Wildman–Crippen LogP) is 1.93. The molecule has 1 aromatic rings. The molecule has 3 nitrogen and oxygen atoms in total. The van der Waals surface area contributed by atoms with Gasteiger partial charge in [0.25, 0.3) is 0 Å². The van der Waals surface area contributed by atoms with E-state index >= 15 is 0 Å². The van der Waals surface area contributed by atoms with E-state index in [9.17, 15) is 0 Å². The van der Waals surface area contributed by atoms with Gasteiger partial charge in [-0.2, -0.15) is 0 Å². The Kier molecular flexibility index (Phi) is 3.44. The lowest BCUT2D eigenvalue weighted by Gasteiger charge is -2.02. The highest BCUT2D eigenvalue weighted by Crippen LogP contribution is 2.48. The van der Waals surface area contributed by atoms with Gasteiger partial charge in [-0.25, -0.2) is 0 Å². The van der Waals surface area contributed by atoms with Gasteiger partial charge in [-0.15, -0.1) is 0 Å². The Hall–Kier alpha value is -0.800. The van der Waals surface area contributed by atoms with Crippen molar-refractivity contribution in [3.63, 3.8) is 0 Å². The molecule has 2 atom stereocenters. The predicted molar refractivity (Wildman–Crippen MR) is 59.0 cm³/mol. The molecule has 84 valence electrons. The number of rotatable bonds is 6. The van der Waals surface area contributed by atoms with Crippen LogP contribution in [0, 0.1) is 12.8 Å². The average Bonchev–Trinajstić information content (AvgIpc) is 2.87. The molecule has 1 aliphatic carbocycles. The van der Waals surface area contributed by atoms with E-state index in [2.05, 4.69) is 12.2 Å². The Labute approximate surface area is 90.8 Å². The lowest BCUT2D eigenvalue weighted by atomic mass is 10.2. The summed E-state index contributed by atoms with van der Waals surface area (Å²) in [5.41, 5.74) is 1.29. The maximum absolute atomic E-state index is 5.49. The largest absolute Gasteiger partial charge is 0.469 e. The summed E-state index contributed by atoms with van der Waals surface area (Å²) in [6.45, 7) is 4.93. The maximum Gasteiger partial charge on any atom is 0.110 e. The van der Waals surface area contributed by atoms with Crippen LogP contribution in [0.3, 0.4) is 0 Å². The number of ether oxygens (including phenoxy) is 1. The fourth-order valence-electron chi connectivity index (χ4n) is 2.02. The van der Waals surface area contributed by atoms with Crippen molar-refractivity contribution >= 4 is 0 Å². The molecule has 1 aromatic heterocycles. The SMILES string of the molecule is COCCNCC1CC1c1occc1C. The first kappa shape index (κ1) is 10.7. The zero-order valence-corrected chi connectivity index (χ0v) is 9.45. The molecule has 1 fully saturated rings. The number of furan rings is 1. The minimum atomic E-state index is 0.648. The zero-order chi connectivity index (χ0) is 10.7. The standard InChI is InChI=1S/C12H19NO2/c1-9-3-5-15-12(9)11-7-10(11)8-13-4-6-14-2/h3,5,10-11,13H,4,6-8H2,1-2H3. The highest BCUT2D eigenvalue weighted by atomic mass is 16.5. The number of hydrogen-bond acceptors (Lipinski definition) is 3. The van der Waals surface area contributed by atoms with E-state index < -0.39 is 0 Å². The van der Waals surface area contributed by atoms with Crippen molar-refractivity contribution in [3.8, 4) is 0 Å². The molecule has 1 saturated carbocycles. The minimum absolute atomic E-state index is 0.648. The average molecular weight is 209 g/mol. The molecule has 2 unspecified atom stereocenters. The fourth-order valence-corrected chi connectivity index (χ4v) is 2.02. The van der Waals surface area contributed by atoms with E-state index in [4.69, 9.17) is 9.15 Å². The van der Waals surface area contributed by atoms with Gasteiger partial charge in [0.1, 0.15) is 5.76 Å². The quantitative estimate of drug-likeness (QED) is 0.727. The van der Waals surface area contributed by atoms with Gasteiger partial charge < -0.3 is 14.5 Å². The monoisotopic (exact) mass is 209 g/mol. The number of methoxy groups -OCH3 is 1. The van der Waals surface area contributed by atoms with Crippen LogP contribution in [0.1, 0.15) is 23.7 Å². The third kappa shape index (κ3) is 2.61. The second kappa shape index (κ2) is 4.81. The summed E-state index contributed by atoms with van der Waals surface area (Å²) in [7, 11) is 1.73. The molecule has 0 amide bonds.